The van der Waals surface area contributed by atoms with Crippen LogP contribution in [0.4, 0.5) is 4.39 Å². The Labute approximate surface area is 157 Å². The van der Waals surface area contributed by atoms with Gasteiger partial charge in [0, 0.05) is 24.1 Å². The summed E-state index contributed by atoms with van der Waals surface area (Å²) in [6, 6.07) is 10.5. The summed E-state index contributed by atoms with van der Waals surface area (Å²) in [5.74, 6) is 0.794. The molecule has 27 heavy (non-hydrogen) atoms. The van der Waals surface area contributed by atoms with Gasteiger partial charge in [0.2, 0.25) is 0 Å². The van der Waals surface area contributed by atoms with Gasteiger partial charge < -0.3 is 24.3 Å². The molecule has 6 nitrogen and oxygen atoms in total. The number of carbonyl (C=O) groups excluding carboxylic acids is 1. The molecule has 1 fully saturated rings. The number of halogens is 1. The Kier molecular flexibility index (Phi) is 6.13. The van der Waals surface area contributed by atoms with Crippen LogP contribution < -0.4 is 19.5 Å². The van der Waals surface area contributed by atoms with Gasteiger partial charge >= 0.3 is 0 Å². The molecule has 0 radical (unpaired) electrons. The second kappa shape index (κ2) is 8.73. The first-order valence-electron chi connectivity index (χ1n) is 8.63. The number of amides is 1. The van der Waals surface area contributed by atoms with E-state index < -0.39 is 0 Å². The Bertz CT molecular complexity index is 775. The van der Waals surface area contributed by atoms with E-state index in [1.807, 2.05) is 0 Å². The minimum Gasteiger partial charge on any atom is -0.497 e. The van der Waals surface area contributed by atoms with Gasteiger partial charge in [-0.25, -0.2) is 4.39 Å². The summed E-state index contributed by atoms with van der Waals surface area (Å²) in [5.41, 5.74) is 0.404. The van der Waals surface area contributed by atoms with Gasteiger partial charge in [-0.3, -0.25) is 4.79 Å². The highest BCUT2D eigenvalue weighted by atomic mass is 19.1. The molecule has 0 saturated carbocycles. The molecule has 0 unspecified atom stereocenters. The number of nitrogens with one attached hydrogen (secondary N) is 1. The summed E-state index contributed by atoms with van der Waals surface area (Å²) < 4.78 is 35.2. The molecule has 0 spiro atoms. The van der Waals surface area contributed by atoms with E-state index in [2.05, 4.69) is 5.32 Å². The van der Waals surface area contributed by atoms with Crippen LogP contribution in [0.1, 0.15) is 16.8 Å². The largest absolute Gasteiger partial charge is 0.497 e. The first-order valence-corrected chi connectivity index (χ1v) is 8.63. The van der Waals surface area contributed by atoms with Gasteiger partial charge in [0.25, 0.3) is 5.91 Å². The molecule has 0 aliphatic carbocycles. The quantitative estimate of drug-likeness (QED) is 0.841. The van der Waals surface area contributed by atoms with Gasteiger partial charge in [-0.2, -0.15) is 0 Å². The molecular weight excluding hydrogens is 353 g/mol. The van der Waals surface area contributed by atoms with Crippen molar-refractivity contribution in [1.82, 2.24) is 5.32 Å². The highest BCUT2D eigenvalue weighted by Crippen LogP contribution is 2.23. The number of methoxy groups -OCH3 is 2. The number of rotatable bonds is 6. The van der Waals surface area contributed by atoms with Gasteiger partial charge in [0.1, 0.15) is 29.2 Å². The van der Waals surface area contributed by atoms with Crippen molar-refractivity contribution in [3.8, 4) is 17.2 Å². The third kappa shape index (κ3) is 4.89. The molecule has 2 aromatic rings. The van der Waals surface area contributed by atoms with Crippen molar-refractivity contribution in [3.05, 3.63) is 53.8 Å². The van der Waals surface area contributed by atoms with E-state index in [0.29, 0.717) is 42.4 Å². The van der Waals surface area contributed by atoms with Crippen molar-refractivity contribution in [2.45, 2.75) is 18.6 Å². The van der Waals surface area contributed by atoms with Gasteiger partial charge in [0.15, 0.2) is 0 Å². The van der Waals surface area contributed by atoms with Crippen LogP contribution in [-0.2, 0) is 4.74 Å². The summed E-state index contributed by atoms with van der Waals surface area (Å²) in [4.78, 5) is 12.7. The maximum Gasteiger partial charge on any atom is 0.251 e. The van der Waals surface area contributed by atoms with Crippen molar-refractivity contribution in [2.24, 2.45) is 0 Å². The second-order valence-electron chi connectivity index (χ2n) is 6.16. The molecule has 7 heteroatoms. The molecule has 0 aromatic heterocycles. The predicted octanol–water partition coefficient (Wildman–Crippen LogP) is 2.81. The van der Waals surface area contributed by atoms with Gasteiger partial charge in [0.05, 0.1) is 33.5 Å². The van der Waals surface area contributed by atoms with Crippen molar-refractivity contribution >= 4 is 5.91 Å². The maximum atomic E-state index is 13.4. The zero-order valence-corrected chi connectivity index (χ0v) is 15.2. The van der Waals surface area contributed by atoms with Crippen LogP contribution in [-0.4, -0.2) is 45.5 Å². The van der Waals surface area contributed by atoms with Crippen LogP contribution in [0.3, 0.4) is 0 Å². The van der Waals surface area contributed by atoms with Gasteiger partial charge in [-0.05, 0) is 24.3 Å². The minimum absolute atomic E-state index is 0.296. The van der Waals surface area contributed by atoms with Crippen LogP contribution in [0.25, 0.3) is 0 Å². The summed E-state index contributed by atoms with van der Waals surface area (Å²) in [5, 5.41) is 2.93. The van der Waals surface area contributed by atoms with Crippen molar-refractivity contribution in [1.29, 1.82) is 0 Å². The minimum atomic E-state index is -0.372. The molecule has 2 atom stereocenters. The number of hydrogen-bond acceptors (Lipinski definition) is 5. The van der Waals surface area contributed by atoms with E-state index in [9.17, 15) is 9.18 Å². The summed E-state index contributed by atoms with van der Waals surface area (Å²) in [7, 11) is 3.04. The highest BCUT2D eigenvalue weighted by Gasteiger charge is 2.29. The Morgan fingerprint density at radius 1 is 1.11 bits per heavy atom. The van der Waals surface area contributed by atoms with E-state index in [-0.39, 0.29) is 23.9 Å². The molecule has 1 aliphatic rings. The monoisotopic (exact) mass is 375 g/mol. The molecular formula is C20H22FNO5. The Hall–Kier alpha value is -2.80. The number of benzene rings is 2. The third-order valence-corrected chi connectivity index (χ3v) is 4.31. The molecule has 144 valence electrons. The molecule has 1 N–H and O–H groups in total. The Balaban J connectivity index is 1.73. The van der Waals surface area contributed by atoms with Crippen LogP contribution in [0.2, 0.25) is 0 Å². The number of ether oxygens (including phenoxy) is 4. The van der Waals surface area contributed by atoms with Crippen LogP contribution in [0.5, 0.6) is 17.2 Å². The van der Waals surface area contributed by atoms with E-state index >= 15 is 0 Å². The zero-order chi connectivity index (χ0) is 19.2. The molecule has 2 aromatic carbocycles. The summed E-state index contributed by atoms with van der Waals surface area (Å²) in [6.07, 6.45) is 0.264. The van der Waals surface area contributed by atoms with Crippen molar-refractivity contribution in [3.63, 3.8) is 0 Å². The summed E-state index contributed by atoms with van der Waals surface area (Å²) in [6.45, 7) is 0.826. The average molecular weight is 375 g/mol. The van der Waals surface area contributed by atoms with E-state index in [4.69, 9.17) is 18.9 Å². The lowest BCUT2D eigenvalue weighted by molar-refractivity contribution is -0.00298. The first kappa shape index (κ1) is 19.0. The predicted molar refractivity (Wildman–Crippen MR) is 97.1 cm³/mol. The SMILES string of the molecule is COc1cc(OC)cc(C(=O)N[C@@H]2COCC[C@@H]2Oc2cccc(F)c2)c1. The Morgan fingerprint density at radius 3 is 2.52 bits per heavy atom. The van der Waals surface area contributed by atoms with Gasteiger partial charge in [-0.15, -0.1) is 0 Å². The van der Waals surface area contributed by atoms with Crippen molar-refractivity contribution in [2.75, 3.05) is 27.4 Å². The lowest BCUT2D eigenvalue weighted by Gasteiger charge is -2.32. The van der Waals surface area contributed by atoms with E-state index in [0.717, 1.165) is 0 Å². The normalized spacial score (nSPS) is 19.2. The summed E-state index contributed by atoms with van der Waals surface area (Å²) >= 11 is 0. The molecule has 1 aliphatic heterocycles. The number of carbonyl (C=O) groups is 1. The molecule has 1 saturated heterocycles. The topological polar surface area (TPSA) is 66.0 Å². The fraction of sp³-hybridized carbons (Fsp3) is 0.350. The number of hydrogen-bond donors (Lipinski definition) is 1. The highest BCUT2D eigenvalue weighted by molar-refractivity contribution is 5.95. The molecule has 1 heterocycles. The lowest BCUT2D eigenvalue weighted by atomic mass is 10.1. The van der Waals surface area contributed by atoms with Crippen LogP contribution >= 0.6 is 0 Å². The fourth-order valence-electron chi connectivity index (χ4n) is 2.90. The van der Waals surface area contributed by atoms with Gasteiger partial charge in [-0.1, -0.05) is 6.07 Å². The van der Waals surface area contributed by atoms with E-state index in [1.165, 1.54) is 26.4 Å². The van der Waals surface area contributed by atoms with Crippen molar-refractivity contribution < 1.29 is 28.1 Å². The Morgan fingerprint density at radius 2 is 1.85 bits per heavy atom. The maximum absolute atomic E-state index is 13.4. The van der Waals surface area contributed by atoms with Crippen LogP contribution in [0, 0.1) is 5.82 Å². The average Bonchev–Trinajstić information content (AvgIpc) is 2.69. The standard InChI is InChI=1S/C20H22FNO5/c1-24-16-8-13(9-17(11-16)25-2)20(23)22-18-12-26-7-6-19(18)27-15-5-3-4-14(21)10-15/h3-5,8-11,18-19H,6-7,12H2,1-2H3,(H,22,23)/t18-,19+/m1/s1. The molecule has 1 amide bonds. The van der Waals surface area contributed by atoms with Crippen LogP contribution in [0.15, 0.2) is 42.5 Å². The lowest BCUT2D eigenvalue weighted by Crippen LogP contribution is -2.51. The van der Waals surface area contributed by atoms with E-state index in [1.54, 1.807) is 30.3 Å². The molecule has 3 rings (SSSR count). The molecule has 0 bridgehead atoms. The fourth-order valence-corrected chi connectivity index (χ4v) is 2.90. The third-order valence-electron chi connectivity index (χ3n) is 4.31. The smallest absolute Gasteiger partial charge is 0.251 e. The first-order chi connectivity index (χ1) is 13.1. The zero-order valence-electron chi connectivity index (χ0n) is 15.2. The second-order valence-corrected chi connectivity index (χ2v) is 6.16.